The zero-order valence-electron chi connectivity index (χ0n) is 14.4. The minimum atomic E-state index is 0.566. The van der Waals surface area contributed by atoms with Crippen LogP contribution in [0.3, 0.4) is 0 Å². The van der Waals surface area contributed by atoms with Gasteiger partial charge in [0.05, 0.1) is 19.3 Å². The maximum atomic E-state index is 5.43. The average molecular weight is 311 g/mol. The summed E-state index contributed by atoms with van der Waals surface area (Å²) in [6.45, 7) is 5.89. The number of benzene rings is 1. The highest BCUT2D eigenvalue weighted by molar-refractivity contribution is 5.86. The number of H-pyrrole nitrogens is 1. The van der Waals surface area contributed by atoms with E-state index in [4.69, 9.17) is 4.74 Å². The Hall–Kier alpha value is -1.74. The lowest BCUT2D eigenvalue weighted by Crippen LogP contribution is -2.88. The van der Waals surface area contributed by atoms with E-state index in [9.17, 15) is 0 Å². The molecule has 0 unspecified atom stereocenters. The Morgan fingerprint density at radius 1 is 1.30 bits per heavy atom. The smallest absolute Gasteiger partial charge is 0.130 e. The van der Waals surface area contributed by atoms with Crippen LogP contribution in [0.25, 0.3) is 10.9 Å². The third-order valence-corrected chi connectivity index (χ3v) is 5.87. The highest BCUT2D eigenvalue weighted by atomic mass is 16.5. The Morgan fingerprint density at radius 2 is 2.17 bits per heavy atom. The van der Waals surface area contributed by atoms with Gasteiger partial charge in [-0.25, -0.2) is 0 Å². The molecular weight excluding hydrogens is 284 g/mol. The molecule has 0 fully saturated rings. The van der Waals surface area contributed by atoms with Crippen molar-refractivity contribution in [1.29, 1.82) is 0 Å². The van der Waals surface area contributed by atoms with E-state index in [2.05, 4.69) is 48.4 Å². The standard InChI is InChI=1S/C20H26N2O/c1-12-4-6-15(13(2)10-12)19-20-16(8-9-21-19)17-11-14(23-3)5-7-18(17)22-20/h4-5,7,11,13,15,19,21-22H,6,8-10H2,1-3H3/p+1/t13-,15-,19-/m1/s1. The molecule has 3 heteroatoms. The maximum Gasteiger partial charge on any atom is 0.130 e. The Kier molecular flexibility index (Phi) is 3.68. The number of ether oxygens (including phenoxy) is 1. The minimum Gasteiger partial charge on any atom is -0.497 e. The molecule has 3 atom stereocenters. The second-order valence-corrected chi connectivity index (χ2v) is 7.36. The maximum absolute atomic E-state index is 5.43. The van der Waals surface area contributed by atoms with Crippen LogP contribution in [0.4, 0.5) is 0 Å². The predicted molar refractivity (Wildman–Crippen MR) is 93.7 cm³/mol. The summed E-state index contributed by atoms with van der Waals surface area (Å²) < 4.78 is 5.43. The van der Waals surface area contributed by atoms with Gasteiger partial charge in [-0.05, 0) is 49.4 Å². The van der Waals surface area contributed by atoms with Crippen molar-refractivity contribution in [1.82, 2.24) is 4.98 Å². The lowest BCUT2D eigenvalue weighted by atomic mass is 9.74. The van der Waals surface area contributed by atoms with E-state index >= 15 is 0 Å². The fourth-order valence-electron chi connectivity index (χ4n) is 4.66. The van der Waals surface area contributed by atoms with Crippen molar-refractivity contribution < 1.29 is 10.1 Å². The molecular formula is C20H27N2O+. The van der Waals surface area contributed by atoms with Gasteiger partial charge >= 0.3 is 0 Å². The average Bonchev–Trinajstić information content (AvgIpc) is 2.93. The van der Waals surface area contributed by atoms with Crippen LogP contribution in [0.1, 0.15) is 44.0 Å². The number of aromatic nitrogens is 1. The van der Waals surface area contributed by atoms with Crippen molar-refractivity contribution in [3.05, 3.63) is 41.1 Å². The van der Waals surface area contributed by atoms with Crippen LogP contribution in [0.15, 0.2) is 29.8 Å². The molecule has 0 amide bonds. The number of hydrogen-bond donors (Lipinski definition) is 2. The first-order valence-electron chi connectivity index (χ1n) is 8.85. The van der Waals surface area contributed by atoms with Gasteiger partial charge < -0.3 is 15.0 Å². The van der Waals surface area contributed by atoms with Crippen molar-refractivity contribution >= 4 is 10.9 Å². The molecule has 0 bridgehead atoms. The van der Waals surface area contributed by atoms with Crippen molar-refractivity contribution in [2.24, 2.45) is 11.8 Å². The summed E-state index contributed by atoms with van der Waals surface area (Å²) in [5.74, 6) is 2.44. The molecule has 0 spiro atoms. The molecule has 1 aliphatic heterocycles. The lowest BCUT2D eigenvalue weighted by molar-refractivity contribution is -0.707. The van der Waals surface area contributed by atoms with Crippen LogP contribution in [-0.2, 0) is 6.42 Å². The third-order valence-electron chi connectivity index (χ3n) is 5.87. The number of quaternary nitrogens is 1. The normalized spacial score (nSPS) is 27.6. The van der Waals surface area contributed by atoms with Crippen molar-refractivity contribution in [3.63, 3.8) is 0 Å². The second kappa shape index (κ2) is 5.72. The summed E-state index contributed by atoms with van der Waals surface area (Å²) in [6.07, 6.45) is 6.07. The molecule has 3 nitrogen and oxygen atoms in total. The zero-order valence-corrected chi connectivity index (χ0v) is 14.4. The SMILES string of the molecule is COc1ccc2[nH]c3c(c2c1)CC[NH2+][C@@H]3[C@@H]1CC=C(C)C[C@H]1C. The van der Waals surface area contributed by atoms with E-state index in [0.29, 0.717) is 6.04 Å². The Labute approximate surface area is 138 Å². The molecule has 2 heterocycles. The van der Waals surface area contributed by atoms with Gasteiger partial charge in [0, 0.05) is 23.2 Å². The number of allylic oxidation sites excluding steroid dienone is 2. The Bertz CT molecular complexity index is 758. The summed E-state index contributed by atoms with van der Waals surface area (Å²) in [7, 11) is 1.75. The van der Waals surface area contributed by atoms with Crippen LogP contribution >= 0.6 is 0 Å². The van der Waals surface area contributed by atoms with Crippen LogP contribution in [0.5, 0.6) is 5.75 Å². The molecule has 122 valence electrons. The molecule has 1 aromatic heterocycles. The largest absolute Gasteiger partial charge is 0.497 e. The van der Waals surface area contributed by atoms with Gasteiger partial charge in [0.1, 0.15) is 11.8 Å². The number of rotatable bonds is 2. The molecule has 0 saturated carbocycles. The Balaban J connectivity index is 1.76. The number of aromatic amines is 1. The summed E-state index contributed by atoms with van der Waals surface area (Å²) in [5, 5.41) is 3.91. The molecule has 0 saturated heterocycles. The molecule has 2 aliphatic rings. The summed E-state index contributed by atoms with van der Waals surface area (Å²) in [5.41, 5.74) is 5.80. The van der Waals surface area contributed by atoms with Gasteiger partial charge in [-0.15, -0.1) is 0 Å². The van der Waals surface area contributed by atoms with E-state index in [1.54, 1.807) is 12.7 Å². The monoisotopic (exact) mass is 311 g/mol. The lowest BCUT2D eigenvalue weighted by Gasteiger charge is -2.34. The van der Waals surface area contributed by atoms with Gasteiger partial charge in [-0.2, -0.15) is 0 Å². The fraction of sp³-hybridized carbons (Fsp3) is 0.500. The number of nitrogens with two attached hydrogens (primary N) is 1. The van der Waals surface area contributed by atoms with Crippen molar-refractivity contribution in [2.45, 2.75) is 39.2 Å². The van der Waals surface area contributed by atoms with E-state index < -0.39 is 0 Å². The molecule has 23 heavy (non-hydrogen) atoms. The first-order valence-corrected chi connectivity index (χ1v) is 8.85. The first kappa shape index (κ1) is 14.8. The number of fused-ring (bicyclic) bond motifs is 3. The van der Waals surface area contributed by atoms with E-state index in [1.165, 1.54) is 41.5 Å². The topological polar surface area (TPSA) is 41.6 Å². The molecule has 3 N–H and O–H groups in total. The van der Waals surface area contributed by atoms with Crippen LogP contribution in [0, 0.1) is 11.8 Å². The highest BCUT2D eigenvalue weighted by Gasteiger charge is 2.37. The summed E-state index contributed by atoms with van der Waals surface area (Å²) in [6, 6.07) is 6.98. The fourth-order valence-corrected chi connectivity index (χ4v) is 4.66. The van der Waals surface area contributed by atoms with Crippen molar-refractivity contribution in [2.75, 3.05) is 13.7 Å². The number of hydrogen-bond acceptors (Lipinski definition) is 1. The van der Waals surface area contributed by atoms with Gasteiger partial charge in [-0.1, -0.05) is 18.6 Å². The quantitative estimate of drug-likeness (QED) is 0.821. The molecule has 1 aromatic carbocycles. The van der Waals surface area contributed by atoms with E-state index in [-0.39, 0.29) is 0 Å². The van der Waals surface area contributed by atoms with Gasteiger partial charge in [0.25, 0.3) is 0 Å². The highest BCUT2D eigenvalue weighted by Crippen LogP contribution is 2.39. The number of methoxy groups -OCH3 is 1. The molecule has 0 radical (unpaired) electrons. The van der Waals surface area contributed by atoms with Crippen LogP contribution in [-0.4, -0.2) is 18.6 Å². The number of nitrogens with one attached hydrogen (secondary N) is 1. The van der Waals surface area contributed by atoms with Gasteiger partial charge in [0.2, 0.25) is 0 Å². The zero-order chi connectivity index (χ0) is 16.0. The van der Waals surface area contributed by atoms with Gasteiger partial charge in [-0.3, -0.25) is 0 Å². The Morgan fingerprint density at radius 3 is 2.96 bits per heavy atom. The molecule has 1 aliphatic carbocycles. The van der Waals surface area contributed by atoms with Crippen LogP contribution in [0.2, 0.25) is 0 Å². The van der Waals surface area contributed by atoms with Crippen molar-refractivity contribution in [3.8, 4) is 5.75 Å². The van der Waals surface area contributed by atoms with Crippen LogP contribution < -0.4 is 10.1 Å². The summed E-state index contributed by atoms with van der Waals surface area (Å²) in [4.78, 5) is 3.74. The van der Waals surface area contributed by atoms with Gasteiger partial charge in [0.15, 0.2) is 0 Å². The first-order chi connectivity index (χ1) is 11.2. The molecule has 2 aromatic rings. The predicted octanol–water partition coefficient (Wildman–Crippen LogP) is 3.33. The van der Waals surface area contributed by atoms with E-state index in [0.717, 1.165) is 24.0 Å². The van der Waals surface area contributed by atoms with E-state index in [1.807, 2.05) is 0 Å². The third kappa shape index (κ3) is 2.47. The minimum absolute atomic E-state index is 0.566. The summed E-state index contributed by atoms with van der Waals surface area (Å²) >= 11 is 0. The molecule has 4 rings (SSSR count). The second-order valence-electron chi connectivity index (χ2n) is 7.36.